The van der Waals surface area contributed by atoms with E-state index in [0.29, 0.717) is 29.3 Å². The van der Waals surface area contributed by atoms with E-state index in [4.69, 9.17) is 11.6 Å². The number of benzene rings is 1. The number of nitrogens with one attached hydrogen (secondary N) is 1. The van der Waals surface area contributed by atoms with E-state index in [-0.39, 0.29) is 11.9 Å². The molecule has 2 aromatic heterocycles. The summed E-state index contributed by atoms with van der Waals surface area (Å²) in [4.78, 5) is 19.6. The van der Waals surface area contributed by atoms with E-state index in [1.807, 2.05) is 48.4 Å². The van der Waals surface area contributed by atoms with Gasteiger partial charge in [-0.2, -0.15) is 5.10 Å². The molecular formula is C18H18ClN5O. The van der Waals surface area contributed by atoms with Crippen LogP contribution in [-0.2, 0) is 0 Å². The third-order valence-corrected chi connectivity index (χ3v) is 4.85. The lowest BCUT2D eigenvalue weighted by Gasteiger charge is -2.36. The third kappa shape index (κ3) is 2.88. The predicted octanol–water partition coefficient (Wildman–Crippen LogP) is 2.48. The number of fused-ring (bicyclic) bond motifs is 1. The van der Waals surface area contributed by atoms with Crippen molar-refractivity contribution in [3.05, 3.63) is 64.6 Å². The number of piperazine rings is 1. The van der Waals surface area contributed by atoms with E-state index in [9.17, 15) is 4.79 Å². The quantitative estimate of drug-likeness (QED) is 0.767. The summed E-state index contributed by atoms with van der Waals surface area (Å²) >= 11 is 6.37. The highest BCUT2D eigenvalue weighted by atomic mass is 35.5. The van der Waals surface area contributed by atoms with Gasteiger partial charge in [-0.3, -0.25) is 4.79 Å². The first-order chi connectivity index (χ1) is 12.1. The number of carbonyl (C=O) groups is 1. The minimum Gasteiger partial charge on any atom is -0.329 e. The zero-order valence-corrected chi connectivity index (χ0v) is 14.6. The monoisotopic (exact) mass is 355 g/mol. The van der Waals surface area contributed by atoms with Gasteiger partial charge in [-0.1, -0.05) is 29.8 Å². The minimum absolute atomic E-state index is 0.0699. The van der Waals surface area contributed by atoms with E-state index in [1.54, 1.807) is 10.7 Å². The Morgan fingerprint density at radius 2 is 2.16 bits per heavy atom. The summed E-state index contributed by atoms with van der Waals surface area (Å²) in [5, 5.41) is 8.27. The van der Waals surface area contributed by atoms with Gasteiger partial charge in [0.2, 0.25) is 0 Å². The lowest BCUT2D eigenvalue weighted by molar-refractivity contribution is 0.0636. The Balaban J connectivity index is 1.74. The van der Waals surface area contributed by atoms with Crippen molar-refractivity contribution in [2.75, 3.05) is 19.6 Å². The number of rotatable bonds is 2. The second-order valence-corrected chi connectivity index (χ2v) is 6.54. The van der Waals surface area contributed by atoms with Crippen molar-refractivity contribution in [1.29, 1.82) is 0 Å². The zero-order chi connectivity index (χ0) is 17.4. The first-order valence-electron chi connectivity index (χ1n) is 8.22. The Morgan fingerprint density at radius 1 is 1.32 bits per heavy atom. The highest BCUT2D eigenvalue weighted by molar-refractivity contribution is 6.31. The van der Waals surface area contributed by atoms with Crippen molar-refractivity contribution in [3.8, 4) is 0 Å². The van der Waals surface area contributed by atoms with E-state index >= 15 is 0 Å². The van der Waals surface area contributed by atoms with Gasteiger partial charge in [0.05, 0.1) is 12.2 Å². The van der Waals surface area contributed by atoms with E-state index in [0.717, 1.165) is 17.8 Å². The summed E-state index contributed by atoms with van der Waals surface area (Å²) < 4.78 is 1.63. The third-order valence-electron chi connectivity index (χ3n) is 4.51. The van der Waals surface area contributed by atoms with Crippen molar-refractivity contribution in [2.45, 2.75) is 13.0 Å². The maximum Gasteiger partial charge on any atom is 0.259 e. The van der Waals surface area contributed by atoms with Gasteiger partial charge >= 0.3 is 0 Å². The molecule has 25 heavy (non-hydrogen) atoms. The number of amides is 1. The van der Waals surface area contributed by atoms with Crippen LogP contribution < -0.4 is 5.32 Å². The lowest BCUT2D eigenvalue weighted by atomic mass is 10.0. The van der Waals surface area contributed by atoms with Crippen LogP contribution in [0.3, 0.4) is 0 Å². The molecule has 3 heterocycles. The molecule has 1 aliphatic rings. The van der Waals surface area contributed by atoms with E-state index in [2.05, 4.69) is 15.4 Å². The lowest BCUT2D eigenvalue weighted by Crippen LogP contribution is -2.48. The molecule has 4 rings (SSSR count). The molecule has 0 radical (unpaired) electrons. The van der Waals surface area contributed by atoms with Gasteiger partial charge < -0.3 is 10.2 Å². The zero-order valence-electron chi connectivity index (χ0n) is 13.8. The van der Waals surface area contributed by atoms with E-state index in [1.165, 1.54) is 0 Å². The fourth-order valence-electron chi connectivity index (χ4n) is 3.24. The maximum absolute atomic E-state index is 13.2. The highest BCUT2D eigenvalue weighted by Crippen LogP contribution is 2.30. The Labute approximate surface area is 150 Å². The number of hydrogen-bond acceptors (Lipinski definition) is 4. The molecule has 6 nitrogen and oxygen atoms in total. The van der Waals surface area contributed by atoms with Crippen LogP contribution in [0.4, 0.5) is 0 Å². The fourth-order valence-corrected chi connectivity index (χ4v) is 3.50. The van der Waals surface area contributed by atoms with Gasteiger partial charge in [0, 0.05) is 36.5 Å². The van der Waals surface area contributed by atoms with Crippen LogP contribution in [0.25, 0.3) is 5.65 Å². The molecule has 0 bridgehead atoms. The topological polar surface area (TPSA) is 62.5 Å². The van der Waals surface area contributed by atoms with Gasteiger partial charge in [-0.05, 0) is 24.6 Å². The van der Waals surface area contributed by atoms with Crippen LogP contribution >= 0.6 is 11.6 Å². The van der Waals surface area contributed by atoms with Crippen LogP contribution in [0.15, 0.2) is 42.7 Å². The van der Waals surface area contributed by atoms with Crippen molar-refractivity contribution in [1.82, 2.24) is 24.8 Å². The van der Waals surface area contributed by atoms with Crippen molar-refractivity contribution in [3.63, 3.8) is 0 Å². The fraction of sp³-hybridized carbons (Fsp3) is 0.278. The molecule has 1 atom stereocenters. The van der Waals surface area contributed by atoms with Crippen molar-refractivity contribution < 1.29 is 4.79 Å². The van der Waals surface area contributed by atoms with E-state index < -0.39 is 0 Å². The molecule has 1 amide bonds. The molecule has 1 fully saturated rings. The molecule has 1 unspecified atom stereocenters. The first kappa shape index (κ1) is 16.1. The van der Waals surface area contributed by atoms with Gasteiger partial charge in [0.1, 0.15) is 5.56 Å². The second-order valence-electron chi connectivity index (χ2n) is 6.14. The molecule has 7 heteroatoms. The van der Waals surface area contributed by atoms with Crippen molar-refractivity contribution in [2.24, 2.45) is 0 Å². The largest absolute Gasteiger partial charge is 0.329 e. The van der Waals surface area contributed by atoms with Gasteiger partial charge in [-0.15, -0.1) is 0 Å². The molecule has 128 valence electrons. The predicted molar refractivity (Wildman–Crippen MR) is 95.8 cm³/mol. The summed E-state index contributed by atoms with van der Waals surface area (Å²) in [5.74, 6) is -0.0699. The Kier molecular flexibility index (Phi) is 4.15. The SMILES string of the molecule is Cc1ccn2ncc(C(=O)N3CCNCC3c3ccccc3Cl)c2n1. The Morgan fingerprint density at radius 3 is 3.00 bits per heavy atom. The maximum atomic E-state index is 13.2. The summed E-state index contributed by atoms with van der Waals surface area (Å²) in [6.07, 6.45) is 3.41. The average Bonchev–Trinajstić information content (AvgIpc) is 3.04. The molecule has 1 aliphatic heterocycles. The molecule has 0 aliphatic carbocycles. The van der Waals surface area contributed by atoms with Gasteiger partial charge in [0.25, 0.3) is 5.91 Å². The summed E-state index contributed by atoms with van der Waals surface area (Å²) in [6.45, 7) is 3.93. The minimum atomic E-state index is -0.116. The summed E-state index contributed by atoms with van der Waals surface area (Å²) in [6, 6.07) is 9.42. The average molecular weight is 356 g/mol. The van der Waals surface area contributed by atoms with Gasteiger partial charge in [0.15, 0.2) is 5.65 Å². The van der Waals surface area contributed by atoms with Crippen LogP contribution in [-0.4, -0.2) is 45.0 Å². The number of carbonyl (C=O) groups excluding carboxylic acids is 1. The van der Waals surface area contributed by atoms with Crippen molar-refractivity contribution >= 4 is 23.2 Å². The molecule has 1 aromatic carbocycles. The standard InChI is InChI=1S/C18H18ClN5O/c1-12-6-8-24-17(22-12)14(10-21-24)18(25)23-9-7-20-11-16(23)13-4-2-3-5-15(13)19/h2-6,8,10,16,20H,7,9,11H2,1H3. The molecule has 0 saturated carbocycles. The molecule has 3 aromatic rings. The summed E-state index contributed by atoms with van der Waals surface area (Å²) in [7, 11) is 0. The van der Waals surface area contributed by atoms with Crippen LogP contribution in [0.2, 0.25) is 5.02 Å². The number of aryl methyl sites for hydroxylation is 1. The highest BCUT2D eigenvalue weighted by Gasteiger charge is 2.31. The smallest absolute Gasteiger partial charge is 0.259 e. The number of hydrogen-bond donors (Lipinski definition) is 1. The second kappa shape index (κ2) is 6.46. The first-order valence-corrected chi connectivity index (χ1v) is 8.60. The molecule has 0 spiro atoms. The summed E-state index contributed by atoms with van der Waals surface area (Å²) in [5.41, 5.74) is 2.90. The Hall–Kier alpha value is -2.44. The number of aromatic nitrogens is 3. The van der Waals surface area contributed by atoms with Crippen LogP contribution in [0.5, 0.6) is 0 Å². The Bertz CT molecular complexity index is 938. The molecule has 1 N–H and O–H groups in total. The molecule has 1 saturated heterocycles. The number of halogens is 1. The van der Waals surface area contributed by atoms with Gasteiger partial charge in [-0.25, -0.2) is 9.50 Å². The normalized spacial score (nSPS) is 17.8. The van der Waals surface area contributed by atoms with Crippen LogP contribution in [0, 0.1) is 6.92 Å². The van der Waals surface area contributed by atoms with Crippen LogP contribution in [0.1, 0.15) is 27.7 Å². The number of nitrogens with zero attached hydrogens (tertiary/aromatic N) is 4. The molecular weight excluding hydrogens is 338 g/mol.